The zero-order chi connectivity index (χ0) is 24.5. The molecule has 0 unspecified atom stereocenters. The molecule has 4 aromatic rings. The molecule has 0 amide bonds. The van der Waals surface area contributed by atoms with Gasteiger partial charge in [0.05, 0.1) is 23.6 Å². The fraction of sp³-hybridized carbons (Fsp3) is 0.167. The van der Waals surface area contributed by atoms with Crippen molar-refractivity contribution in [3.63, 3.8) is 0 Å². The fourth-order valence-corrected chi connectivity index (χ4v) is 4.47. The molecule has 0 bridgehead atoms. The standard InChI is InChI=1S/C24H17F3N4O2S/c1-13-9-20(24(25,26)27)30-23(17(13)11-28)34-12-15-10-14(7-8-19(15)33-2)21-29-18-6-4-3-5-16(18)22(32)31-21/h3-10H,12H2,1-2H3,(H,29,31,32). The Morgan fingerprint density at radius 1 is 1.15 bits per heavy atom. The third-order valence-corrected chi connectivity index (χ3v) is 6.14. The number of methoxy groups -OCH3 is 1. The molecule has 1 N–H and O–H groups in total. The van der Waals surface area contributed by atoms with E-state index in [9.17, 15) is 23.2 Å². The van der Waals surface area contributed by atoms with Crippen LogP contribution < -0.4 is 10.3 Å². The maximum absolute atomic E-state index is 13.2. The number of pyridine rings is 1. The van der Waals surface area contributed by atoms with E-state index in [1.54, 1.807) is 42.5 Å². The molecule has 2 aromatic carbocycles. The van der Waals surface area contributed by atoms with Crippen LogP contribution in [0.3, 0.4) is 0 Å². The maximum atomic E-state index is 13.2. The van der Waals surface area contributed by atoms with Gasteiger partial charge in [-0.3, -0.25) is 4.79 Å². The number of ether oxygens (including phenoxy) is 1. The Morgan fingerprint density at radius 3 is 2.62 bits per heavy atom. The average molecular weight is 482 g/mol. The number of aromatic nitrogens is 3. The Bertz CT molecular complexity index is 1490. The summed E-state index contributed by atoms with van der Waals surface area (Å²) >= 11 is 1.00. The second-order valence-electron chi connectivity index (χ2n) is 7.36. The minimum Gasteiger partial charge on any atom is -0.496 e. The molecule has 0 saturated carbocycles. The van der Waals surface area contributed by atoms with E-state index < -0.39 is 11.9 Å². The van der Waals surface area contributed by atoms with Gasteiger partial charge in [-0.05, 0) is 48.9 Å². The zero-order valence-corrected chi connectivity index (χ0v) is 18.8. The number of para-hydroxylation sites is 1. The van der Waals surface area contributed by atoms with Gasteiger partial charge in [0.15, 0.2) is 0 Å². The molecule has 0 aliphatic rings. The lowest BCUT2D eigenvalue weighted by Gasteiger charge is -2.13. The average Bonchev–Trinajstić information content (AvgIpc) is 2.81. The van der Waals surface area contributed by atoms with Gasteiger partial charge in [0.2, 0.25) is 0 Å². The Kier molecular flexibility index (Phi) is 6.30. The quantitative estimate of drug-likeness (QED) is 0.379. The number of H-pyrrole nitrogens is 1. The third kappa shape index (κ3) is 4.61. The predicted octanol–water partition coefficient (Wildman–Crippen LogP) is 5.48. The summed E-state index contributed by atoms with van der Waals surface area (Å²) in [6, 6.07) is 14.9. The lowest BCUT2D eigenvalue weighted by atomic mass is 10.1. The minimum atomic E-state index is -4.63. The van der Waals surface area contributed by atoms with Crippen molar-refractivity contribution in [1.82, 2.24) is 15.0 Å². The van der Waals surface area contributed by atoms with Gasteiger partial charge in [-0.2, -0.15) is 18.4 Å². The molecule has 172 valence electrons. The van der Waals surface area contributed by atoms with Crippen LogP contribution in [0, 0.1) is 18.3 Å². The molecule has 0 fully saturated rings. The van der Waals surface area contributed by atoms with Gasteiger partial charge >= 0.3 is 6.18 Å². The monoisotopic (exact) mass is 482 g/mol. The molecule has 0 spiro atoms. The van der Waals surface area contributed by atoms with E-state index in [4.69, 9.17) is 4.74 Å². The number of hydrogen-bond acceptors (Lipinski definition) is 6. The van der Waals surface area contributed by atoms with Crippen LogP contribution in [0.1, 0.15) is 22.4 Å². The third-order valence-electron chi connectivity index (χ3n) is 5.12. The largest absolute Gasteiger partial charge is 0.496 e. The highest BCUT2D eigenvalue weighted by atomic mass is 32.2. The van der Waals surface area contributed by atoms with Crippen LogP contribution >= 0.6 is 11.8 Å². The predicted molar refractivity (Wildman–Crippen MR) is 123 cm³/mol. The van der Waals surface area contributed by atoms with E-state index >= 15 is 0 Å². The number of thioether (sulfide) groups is 1. The number of halogens is 3. The number of nitrogens with one attached hydrogen (secondary N) is 1. The number of aryl methyl sites for hydroxylation is 1. The van der Waals surface area contributed by atoms with Crippen LogP contribution in [-0.4, -0.2) is 22.1 Å². The number of nitrogens with zero attached hydrogens (tertiary/aromatic N) is 3. The van der Waals surface area contributed by atoms with Crippen molar-refractivity contribution in [3.8, 4) is 23.2 Å². The Hall–Kier alpha value is -3.84. The van der Waals surface area contributed by atoms with Gasteiger partial charge in [-0.1, -0.05) is 12.1 Å². The van der Waals surface area contributed by atoms with Gasteiger partial charge in [0.1, 0.15) is 28.4 Å². The number of fused-ring (bicyclic) bond motifs is 1. The van der Waals surface area contributed by atoms with Crippen molar-refractivity contribution in [1.29, 1.82) is 5.26 Å². The SMILES string of the molecule is COc1ccc(-c2nc3ccccc3c(=O)[nH]2)cc1CSc1nc(C(F)(F)F)cc(C)c1C#N. The van der Waals surface area contributed by atoms with Gasteiger partial charge in [-0.15, -0.1) is 11.8 Å². The lowest BCUT2D eigenvalue weighted by molar-refractivity contribution is -0.141. The first-order valence-electron chi connectivity index (χ1n) is 9.99. The topological polar surface area (TPSA) is 91.7 Å². The summed E-state index contributed by atoms with van der Waals surface area (Å²) in [5, 5.41) is 9.89. The summed E-state index contributed by atoms with van der Waals surface area (Å²) in [4.78, 5) is 23.4. The lowest BCUT2D eigenvalue weighted by Crippen LogP contribution is -2.10. The molecule has 0 radical (unpaired) electrons. The van der Waals surface area contributed by atoms with E-state index in [0.29, 0.717) is 33.6 Å². The van der Waals surface area contributed by atoms with Crippen molar-refractivity contribution in [2.45, 2.75) is 23.9 Å². The van der Waals surface area contributed by atoms with Gasteiger partial charge in [0.25, 0.3) is 5.56 Å². The summed E-state index contributed by atoms with van der Waals surface area (Å²) in [6.45, 7) is 1.45. The molecule has 4 rings (SSSR count). The van der Waals surface area contributed by atoms with Gasteiger partial charge in [0, 0.05) is 16.9 Å². The van der Waals surface area contributed by atoms with Crippen LogP contribution in [0.2, 0.25) is 0 Å². The molecule has 10 heteroatoms. The Labute approximate surface area is 196 Å². The van der Waals surface area contributed by atoms with Crippen molar-refractivity contribution in [3.05, 3.63) is 81.3 Å². The van der Waals surface area contributed by atoms with E-state index in [0.717, 1.165) is 17.8 Å². The van der Waals surface area contributed by atoms with Crippen molar-refractivity contribution in [2.24, 2.45) is 0 Å². The summed E-state index contributed by atoms with van der Waals surface area (Å²) in [6.07, 6.45) is -4.63. The van der Waals surface area contributed by atoms with Crippen molar-refractivity contribution in [2.75, 3.05) is 7.11 Å². The smallest absolute Gasteiger partial charge is 0.433 e. The zero-order valence-electron chi connectivity index (χ0n) is 18.0. The number of benzene rings is 2. The van der Waals surface area contributed by atoms with E-state index in [2.05, 4.69) is 15.0 Å². The molecular weight excluding hydrogens is 465 g/mol. The second-order valence-corrected chi connectivity index (χ2v) is 8.33. The second kappa shape index (κ2) is 9.19. The molecule has 2 heterocycles. The van der Waals surface area contributed by atoms with Gasteiger partial charge < -0.3 is 9.72 Å². The molecule has 34 heavy (non-hydrogen) atoms. The highest BCUT2D eigenvalue weighted by Gasteiger charge is 2.34. The van der Waals surface area contributed by atoms with Crippen molar-refractivity contribution < 1.29 is 17.9 Å². The fourth-order valence-electron chi connectivity index (χ4n) is 3.44. The van der Waals surface area contributed by atoms with E-state index in [1.807, 2.05) is 6.07 Å². The van der Waals surface area contributed by atoms with Crippen molar-refractivity contribution >= 4 is 22.7 Å². The molecule has 0 saturated heterocycles. The van der Waals surface area contributed by atoms with Crippen LogP contribution in [0.15, 0.2) is 58.4 Å². The van der Waals surface area contributed by atoms with Crippen LogP contribution in [0.25, 0.3) is 22.3 Å². The number of alkyl halides is 3. The molecule has 6 nitrogen and oxygen atoms in total. The van der Waals surface area contributed by atoms with Gasteiger partial charge in [-0.25, -0.2) is 9.97 Å². The highest BCUT2D eigenvalue weighted by molar-refractivity contribution is 7.98. The highest BCUT2D eigenvalue weighted by Crippen LogP contribution is 2.35. The summed E-state index contributed by atoms with van der Waals surface area (Å²) in [5.74, 6) is 1.03. The number of rotatable bonds is 5. The number of hydrogen-bond donors (Lipinski definition) is 1. The number of aromatic amines is 1. The first-order valence-corrected chi connectivity index (χ1v) is 11.0. The van der Waals surface area contributed by atoms with Crippen LogP contribution in [-0.2, 0) is 11.9 Å². The molecule has 0 aliphatic heterocycles. The molecular formula is C24H17F3N4O2S. The van der Waals surface area contributed by atoms with Crippen LogP contribution in [0.4, 0.5) is 13.2 Å². The Morgan fingerprint density at radius 2 is 1.91 bits per heavy atom. The number of nitriles is 1. The summed E-state index contributed by atoms with van der Waals surface area (Å²) in [5.41, 5.74) is 0.740. The first kappa shape index (κ1) is 23.3. The van der Waals surface area contributed by atoms with Crippen LogP contribution in [0.5, 0.6) is 5.75 Å². The normalized spacial score (nSPS) is 11.4. The minimum absolute atomic E-state index is 0.0143. The van der Waals surface area contributed by atoms with E-state index in [-0.39, 0.29) is 27.5 Å². The molecule has 0 atom stereocenters. The summed E-state index contributed by atoms with van der Waals surface area (Å²) < 4.78 is 45.1. The summed E-state index contributed by atoms with van der Waals surface area (Å²) in [7, 11) is 1.48. The molecule has 2 aromatic heterocycles. The molecule has 0 aliphatic carbocycles. The van der Waals surface area contributed by atoms with E-state index in [1.165, 1.54) is 14.0 Å². The Balaban J connectivity index is 1.72. The first-order chi connectivity index (χ1) is 16.2. The maximum Gasteiger partial charge on any atom is 0.433 e.